The van der Waals surface area contributed by atoms with Crippen LogP contribution in [0.1, 0.15) is 64.1 Å². The molecule has 1 aromatic carbocycles. The molecule has 0 aliphatic heterocycles. The maximum Gasteiger partial charge on any atom is 0.326 e. The van der Waals surface area contributed by atoms with Crippen molar-refractivity contribution in [1.82, 2.24) is 9.55 Å². The average molecular weight is 342 g/mol. The number of hydrogen-bond acceptors (Lipinski definition) is 3. The van der Waals surface area contributed by atoms with Gasteiger partial charge in [-0.3, -0.25) is 4.79 Å². The van der Waals surface area contributed by atoms with Crippen LogP contribution in [0.4, 0.5) is 0 Å². The van der Waals surface area contributed by atoms with Crippen molar-refractivity contribution in [3.63, 3.8) is 0 Å². The molecule has 1 heterocycles. The Labute approximate surface area is 150 Å². The average Bonchev–Trinajstić information content (AvgIpc) is 2.97. The van der Waals surface area contributed by atoms with E-state index in [-0.39, 0.29) is 12.5 Å². The van der Waals surface area contributed by atoms with Gasteiger partial charge in [-0.25, -0.2) is 4.98 Å². The third-order valence-electron chi connectivity index (χ3n) is 5.31. The molecule has 0 spiro atoms. The summed E-state index contributed by atoms with van der Waals surface area (Å²) in [5, 5.41) is 0. The summed E-state index contributed by atoms with van der Waals surface area (Å²) in [6.07, 6.45) is 11.8. The van der Waals surface area contributed by atoms with Crippen molar-refractivity contribution >= 4 is 17.0 Å². The lowest BCUT2D eigenvalue weighted by molar-refractivity contribution is -0.143. The van der Waals surface area contributed by atoms with Gasteiger partial charge in [0.05, 0.1) is 17.6 Å². The number of rotatable bonds is 8. The predicted octanol–water partition coefficient (Wildman–Crippen LogP) is 4.89. The summed E-state index contributed by atoms with van der Waals surface area (Å²) in [6.45, 7) is 2.52. The lowest BCUT2D eigenvalue weighted by Crippen LogP contribution is -2.15. The van der Waals surface area contributed by atoms with Crippen LogP contribution in [0, 0.1) is 5.92 Å². The SMILES string of the molecule is CCOC(=O)Cn1c(CCCCC2CCCCC2)nc2ccccc21. The van der Waals surface area contributed by atoms with Gasteiger partial charge in [-0.2, -0.15) is 0 Å². The number of benzene rings is 1. The molecule has 136 valence electrons. The lowest BCUT2D eigenvalue weighted by atomic mass is 9.85. The summed E-state index contributed by atoms with van der Waals surface area (Å²) in [5.41, 5.74) is 1.99. The first kappa shape index (κ1) is 18.0. The number of aromatic nitrogens is 2. The number of para-hydroxylation sites is 2. The number of unbranched alkanes of at least 4 members (excludes halogenated alkanes) is 1. The Hall–Kier alpha value is -1.84. The van der Waals surface area contributed by atoms with Crippen molar-refractivity contribution in [2.75, 3.05) is 6.61 Å². The van der Waals surface area contributed by atoms with Gasteiger partial charge in [0.15, 0.2) is 0 Å². The fourth-order valence-electron chi connectivity index (χ4n) is 4.02. The molecule has 0 radical (unpaired) electrons. The van der Waals surface area contributed by atoms with Gasteiger partial charge in [0.1, 0.15) is 12.4 Å². The molecule has 0 N–H and O–H groups in total. The minimum absolute atomic E-state index is 0.186. The normalized spacial score (nSPS) is 15.6. The van der Waals surface area contributed by atoms with Gasteiger partial charge in [-0.05, 0) is 31.4 Å². The summed E-state index contributed by atoms with van der Waals surface area (Å²) in [5.74, 6) is 1.76. The van der Waals surface area contributed by atoms with Crippen LogP contribution in [0.2, 0.25) is 0 Å². The fraction of sp³-hybridized carbons (Fsp3) is 0.619. The van der Waals surface area contributed by atoms with Crippen LogP contribution in [0.15, 0.2) is 24.3 Å². The molecule has 4 nitrogen and oxygen atoms in total. The summed E-state index contributed by atoms with van der Waals surface area (Å²) in [6, 6.07) is 8.05. The van der Waals surface area contributed by atoms with Crippen LogP contribution in [-0.4, -0.2) is 22.1 Å². The molecule has 1 aliphatic rings. The zero-order valence-corrected chi connectivity index (χ0v) is 15.4. The van der Waals surface area contributed by atoms with Crippen molar-refractivity contribution in [3.8, 4) is 0 Å². The molecule has 0 unspecified atom stereocenters. The van der Waals surface area contributed by atoms with E-state index in [0.717, 1.165) is 35.6 Å². The number of carbonyl (C=O) groups excluding carboxylic acids is 1. The van der Waals surface area contributed by atoms with E-state index in [4.69, 9.17) is 9.72 Å². The molecular weight excluding hydrogens is 312 g/mol. The summed E-state index contributed by atoms with van der Waals surface area (Å²) < 4.78 is 7.17. The third kappa shape index (κ3) is 4.83. The Morgan fingerprint density at radius 3 is 2.80 bits per heavy atom. The number of hydrogen-bond donors (Lipinski definition) is 0. The second kappa shape index (κ2) is 9.02. The number of ether oxygens (including phenoxy) is 1. The molecule has 4 heteroatoms. The topological polar surface area (TPSA) is 44.1 Å². The quantitative estimate of drug-likeness (QED) is 0.506. The molecule has 1 saturated carbocycles. The van der Waals surface area contributed by atoms with E-state index >= 15 is 0 Å². The number of carbonyl (C=O) groups is 1. The largest absolute Gasteiger partial charge is 0.465 e. The van der Waals surface area contributed by atoms with E-state index in [9.17, 15) is 4.79 Å². The molecule has 1 aliphatic carbocycles. The van der Waals surface area contributed by atoms with Crippen LogP contribution in [0.25, 0.3) is 11.0 Å². The van der Waals surface area contributed by atoms with E-state index in [1.807, 2.05) is 35.8 Å². The summed E-state index contributed by atoms with van der Waals surface area (Å²) in [4.78, 5) is 16.7. The first-order valence-corrected chi connectivity index (χ1v) is 9.87. The van der Waals surface area contributed by atoms with E-state index in [1.54, 1.807) is 0 Å². The molecular formula is C21H30N2O2. The van der Waals surface area contributed by atoms with Crippen molar-refractivity contribution < 1.29 is 9.53 Å². The second-order valence-electron chi connectivity index (χ2n) is 7.16. The molecule has 2 aromatic rings. The molecule has 0 amide bonds. The van der Waals surface area contributed by atoms with Gasteiger partial charge in [0.2, 0.25) is 0 Å². The second-order valence-corrected chi connectivity index (χ2v) is 7.16. The molecule has 1 fully saturated rings. The smallest absolute Gasteiger partial charge is 0.326 e. The summed E-state index contributed by atoms with van der Waals surface area (Å²) in [7, 11) is 0. The Bertz CT molecular complexity index is 686. The zero-order valence-electron chi connectivity index (χ0n) is 15.4. The van der Waals surface area contributed by atoms with E-state index in [1.165, 1.54) is 44.9 Å². The molecule has 0 atom stereocenters. The number of aryl methyl sites for hydroxylation is 1. The van der Waals surface area contributed by atoms with Gasteiger partial charge < -0.3 is 9.30 Å². The highest BCUT2D eigenvalue weighted by Crippen LogP contribution is 2.28. The van der Waals surface area contributed by atoms with Crippen LogP contribution in [-0.2, 0) is 22.5 Å². The number of nitrogens with zero attached hydrogens (tertiary/aromatic N) is 2. The van der Waals surface area contributed by atoms with Crippen molar-refractivity contribution in [2.24, 2.45) is 5.92 Å². The highest BCUT2D eigenvalue weighted by Gasteiger charge is 2.15. The number of fused-ring (bicyclic) bond motifs is 1. The molecule has 0 bridgehead atoms. The molecule has 0 saturated heterocycles. The monoisotopic (exact) mass is 342 g/mol. The van der Waals surface area contributed by atoms with Gasteiger partial charge >= 0.3 is 5.97 Å². The Balaban J connectivity index is 1.62. The fourth-order valence-corrected chi connectivity index (χ4v) is 4.02. The van der Waals surface area contributed by atoms with Crippen LogP contribution in [0.5, 0.6) is 0 Å². The minimum Gasteiger partial charge on any atom is -0.465 e. The van der Waals surface area contributed by atoms with Crippen molar-refractivity contribution in [2.45, 2.75) is 71.3 Å². The molecule has 1 aromatic heterocycles. The maximum absolute atomic E-state index is 12.0. The lowest BCUT2D eigenvalue weighted by Gasteiger charge is -2.21. The van der Waals surface area contributed by atoms with Crippen LogP contribution < -0.4 is 0 Å². The first-order valence-electron chi connectivity index (χ1n) is 9.87. The predicted molar refractivity (Wildman–Crippen MR) is 100 cm³/mol. The van der Waals surface area contributed by atoms with Gasteiger partial charge in [-0.1, -0.05) is 57.1 Å². The maximum atomic E-state index is 12.0. The minimum atomic E-state index is -0.186. The van der Waals surface area contributed by atoms with Gasteiger partial charge in [0.25, 0.3) is 0 Å². The van der Waals surface area contributed by atoms with E-state index in [0.29, 0.717) is 6.61 Å². The Morgan fingerprint density at radius 2 is 2.00 bits per heavy atom. The van der Waals surface area contributed by atoms with Crippen molar-refractivity contribution in [1.29, 1.82) is 0 Å². The summed E-state index contributed by atoms with van der Waals surface area (Å²) >= 11 is 0. The number of esters is 1. The van der Waals surface area contributed by atoms with E-state index in [2.05, 4.69) is 0 Å². The molecule has 25 heavy (non-hydrogen) atoms. The standard InChI is InChI=1S/C21H30N2O2/c1-2-25-21(24)16-23-19-14-8-7-13-18(19)22-20(23)15-9-6-12-17-10-4-3-5-11-17/h7-8,13-14,17H,2-6,9-12,15-16H2,1H3. The van der Waals surface area contributed by atoms with E-state index < -0.39 is 0 Å². The molecule has 3 rings (SSSR count). The zero-order chi connectivity index (χ0) is 17.5. The highest BCUT2D eigenvalue weighted by atomic mass is 16.5. The van der Waals surface area contributed by atoms with Gasteiger partial charge in [-0.15, -0.1) is 0 Å². The first-order chi connectivity index (χ1) is 12.3. The van der Waals surface area contributed by atoms with Crippen LogP contribution in [0.3, 0.4) is 0 Å². The van der Waals surface area contributed by atoms with Crippen molar-refractivity contribution in [3.05, 3.63) is 30.1 Å². The van der Waals surface area contributed by atoms with Crippen LogP contribution >= 0.6 is 0 Å². The van der Waals surface area contributed by atoms with Gasteiger partial charge in [0, 0.05) is 6.42 Å². The Morgan fingerprint density at radius 1 is 1.20 bits per heavy atom. The highest BCUT2D eigenvalue weighted by molar-refractivity contribution is 5.78. The third-order valence-corrected chi connectivity index (χ3v) is 5.31. The number of imidazole rings is 1. The Kier molecular flexibility index (Phi) is 6.48.